The normalized spacial score (nSPS) is 10.4. The third kappa shape index (κ3) is 3.00. The average molecular weight is 246 g/mol. The summed E-state index contributed by atoms with van der Waals surface area (Å²) in [6.07, 6.45) is 3.47. The molecule has 0 bridgehead atoms. The zero-order valence-electron chi connectivity index (χ0n) is 11.0. The van der Waals surface area contributed by atoms with E-state index >= 15 is 0 Å². The standard InChI is InChI=1S/C13H18N4O/c1-4-15-12-7-14-8-13(16-12)17(3)9-11-6-5-10(2)18-11/h5-8H,4,9H2,1-3H3,(H,15,16). The van der Waals surface area contributed by atoms with Crippen molar-refractivity contribution in [2.75, 3.05) is 23.8 Å². The van der Waals surface area contributed by atoms with Crippen molar-refractivity contribution in [3.05, 3.63) is 36.0 Å². The van der Waals surface area contributed by atoms with Gasteiger partial charge in [0.15, 0.2) is 0 Å². The molecule has 0 aliphatic heterocycles. The monoisotopic (exact) mass is 246 g/mol. The summed E-state index contributed by atoms with van der Waals surface area (Å²) in [5.74, 6) is 3.46. The lowest BCUT2D eigenvalue weighted by molar-refractivity contribution is 0.481. The first-order valence-electron chi connectivity index (χ1n) is 6.01. The second-order valence-corrected chi connectivity index (χ2v) is 4.16. The third-order valence-electron chi connectivity index (χ3n) is 2.56. The summed E-state index contributed by atoms with van der Waals surface area (Å²) in [6, 6.07) is 3.94. The predicted octanol–water partition coefficient (Wildman–Crippen LogP) is 2.45. The van der Waals surface area contributed by atoms with Gasteiger partial charge in [-0.05, 0) is 26.0 Å². The van der Waals surface area contributed by atoms with Gasteiger partial charge in [0, 0.05) is 13.6 Å². The van der Waals surface area contributed by atoms with Crippen molar-refractivity contribution in [1.29, 1.82) is 0 Å². The molecule has 96 valence electrons. The lowest BCUT2D eigenvalue weighted by atomic mass is 10.4. The van der Waals surface area contributed by atoms with E-state index in [4.69, 9.17) is 4.42 Å². The minimum atomic E-state index is 0.679. The summed E-state index contributed by atoms with van der Waals surface area (Å²) in [5.41, 5.74) is 0. The molecule has 2 aromatic rings. The molecule has 1 N–H and O–H groups in total. The third-order valence-corrected chi connectivity index (χ3v) is 2.56. The summed E-state index contributed by atoms with van der Waals surface area (Å²) in [4.78, 5) is 10.7. The molecule has 2 heterocycles. The zero-order chi connectivity index (χ0) is 13.0. The van der Waals surface area contributed by atoms with Gasteiger partial charge in [0.25, 0.3) is 0 Å². The van der Waals surface area contributed by atoms with Crippen LogP contribution in [-0.2, 0) is 6.54 Å². The summed E-state index contributed by atoms with van der Waals surface area (Å²) in [6.45, 7) is 5.48. The molecule has 0 spiro atoms. The summed E-state index contributed by atoms with van der Waals surface area (Å²) in [7, 11) is 1.97. The van der Waals surface area contributed by atoms with Crippen LogP contribution >= 0.6 is 0 Å². The van der Waals surface area contributed by atoms with E-state index in [9.17, 15) is 0 Å². The molecular weight excluding hydrogens is 228 g/mol. The number of nitrogens with one attached hydrogen (secondary N) is 1. The lowest BCUT2D eigenvalue weighted by Gasteiger charge is -2.17. The first-order chi connectivity index (χ1) is 8.69. The first kappa shape index (κ1) is 12.4. The van der Waals surface area contributed by atoms with Gasteiger partial charge in [0.1, 0.15) is 23.2 Å². The van der Waals surface area contributed by atoms with Crippen molar-refractivity contribution >= 4 is 11.6 Å². The number of hydrogen-bond donors (Lipinski definition) is 1. The average Bonchev–Trinajstić information content (AvgIpc) is 2.75. The smallest absolute Gasteiger partial charge is 0.149 e. The van der Waals surface area contributed by atoms with E-state index < -0.39 is 0 Å². The number of rotatable bonds is 5. The van der Waals surface area contributed by atoms with E-state index in [0.717, 1.165) is 29.7 Å². The lowest BCUT2D eigenvalue weighted by Crippen LogP contribution is -2.18. The molecule has 0 saturated carbocycles. The fraction of sp³-hybridized carbons (Fsp3) is 0.385. The second-order valence-electron chi connectivity index (χ2n) is 4.16. The molecule has 0 amide bonds. The van der Waals surface area contributed by atoms with Crippen LogP contribution in [0.15, 0.2) is 28.9 Å². The van der Waals surface area contributed by atoms with Crippen LogP contribution in [-0.4, -0.2) is 23.6 Å². The molecule has 2 rings (SSSR count). The maximum atomic E-state index is 5.55. The molecule has 5 nitrogen and oxygen atoms in total. The molecule has 0 aliphatic rings. The van der Waals surface area contributed by atoms with E-state index in [1.54, 1.807) is 12.4 Å². The number of aryl methyl sites for hydroxylation is 1. The Balaban J connectivity index is 2.08. The Morgan fingerprint density at radius 1 is 1.33 bits per heavy atom. The summed E-state index contributed by atoms with van der Waals surface area (Å²) >= 11 is 0. The van der Waals surface area contributed by atoms with Crippen LogP contribution in [0.3, 0.4) is 0 Å². The van der Waals surface area contributed by atoms with Crippen LogP contribution in [0, 0.1) is 6.92 Å². The molecule has 2 aromatic heterocycles. The van der Waals surface area contributed by atoms with Gasteiger partial charge in [-0.15, -0.1) is 0 Å². The highest BCUT2D eigenvalue weighted by Crippen LogP contribution is 2.15. The molecule has 0 aromatic carbocycles. The van der Waals surface area contributed by atoms with E-state index in [1.807, 2.05) is 37.9 Å². The van der Waals surface area contributed by atoms with E-state index in [2.05, 4.69) is 15.3 Å². The fourth-order valence-corrected chi connectivity index (χ4v) is 1.69. The van der Waals surface area contributed by atoms with Crippen LogP contribution in [0.25, 0.3) is 0 Å². The fourth-order valence-electron chi connectivity index (χ4n) is 1.69. The van der Waals surface area contributed by atoms with E-state index in [1.165, 1.54) is 0 Å². The molecule has 0 radical (unpaired) electrons. The van der Waals surface area contributed by atoms with Crippen LogP contribution in [0.4, 0.5) is 11.6 Å². The van der Waals surface area contributed by atoms with Gasteiger partial charge in [-0.2, -0.15) is 0 Å². The van der Waals surface area contributed by atoms with E-state index in [-0.39, 0.29) is 0 Å². The van der Waals surface area contributed by atoms with Gasteiger partial charge < -0.3 is 14.6 Å². The van der Waals surface area contributed by atoms with E-state index in [0.29, 0.717) is 6.54 Å². The van der Waals surface area contributed by atoms with Crippen LogP contribution < -0.4 is 10.2 Å². The summed E-state index contributed by atoms with van der Waals surface area (Å²) < 4.78 is 5.55. The van der Waals surface area contributed by atoms with Crippen molar-refractivity contribution in [1.82, 2.24) is 9.97 Å². The first-order valence-corrected chi connectivity index (χ1v) is 6.01. The van der Waals surface area contributed by atoms with Gasteiger partial charge in [0.05, 0.1) is 18.9 Å². The molecule has 0 fully saturated rings. The predicted molar refractivity (Wildman–Crippen MR) is 71.7 cm³/mol. The number of nitrogens with zero attached hydrogens (tertiary/aromatic N) is 3. The summed E-state index contributed by atoms with van der Waals surface area (Å²) in [5, 5.41) is 3.15. The van der Waals surface area contributed by atoms with Crippen molar-refractivity contribution in [2.24, 2.45) is 0 Å². The Kier molecular flexibility index (Phi) is 3.82. The molecule has 0 aliphatic carbocycles. The number of anilines is 2. The highest BCUT2D eigenvalue weighted by molar-refractivity contribution is 5.43. The minimum Gasteiger partial charge on any atom is -0.464 e. The van der Waals surface area contributed by atoms with Gasteiger partial charge in [-0.1, -0.05) is 0 Å². The Morgan fingerprint density at radius 3 is 2.83 bits per heavy atom. The van der Waals surface area contributed by atoms with Crippen molar-refractivity contribution < 1.29 is 4.42 Å². The molecular formula is C13H18N4O. The highest BCUT2D eigenvalue weighted by atomic mass is 16.3. The Labute approximate surface area is 107 Å². The highest BCUT2D eigenvalue weighted by Gasteiger charge is 2.07. The second kappa shape index (κ2) is 5.53. The number of furan rings is 1. The van der Waals surface area contributed by atoms with Gasteiger partial charge >= 0.3 is 0 Å². The van der Waals surface area contributed by atoms with Crippen LogP contribution in [0.2, 0.25) is 0 Å². The minimum absolute atomic E-state index is 0.679. The molecule has 0 saturated heterocycles. The maximum Gasteiger partial charge on any atom is 0.149 e. The van der Waals surface area contributed by atoms with Gasteiger partial charge in [-0.3, -0.25) is 4.98 Å². The number of aromatic nitrogens is 2. The Hall–Kier alpha value is -2.04. The van der Waals surface area contributed by atoms with Crippen LogP contribution in [0.1, 0.15) is 18.4 Å². The van der Waals surface area contributed by atoms with Crippen molar-refractivity contribution in [2.45, 2.75) is 20.4 Å². The van der Waals surface area contributed by atoms with Crippen molar-refractivity contribution in [3.63, 3.8) is 0 Å². The molecule has 0 unspecified atom stereocenters. The Bertz CT molecular complexity index is 509. The zero-order valence-corrected chi connectivity index (χ0v) is 11.0. The quantitative estimate of drug-likeness (QED) is 0.878. The van der Waals surface area contributed by atoms with Crippen molar-refractivity contribution in [3.8, 4) is 0 Å². The van der Waals surface area contributed by atoms with Crippen LogP contribution in [0.5, 0.6) is 0 Å². The number of hydrogen-bond acceptors (Lipinski definition) is 5. The molecule has 5 heteroatoms. The Morgan fingerprint density at radius 2 is 2.17 bits per heavy atom. The molecule has 18 heavy (non-hydrogen) atoms. The van der Waals surface area contributed by atoms with Gasteiger partial charge in [-0.25, -0.2) is 4.98 Å². The molecule has 0 atom stereocenters. The SMILES string of the molecule is CCNc1cncc(N(C)Cc2ccc(C)o2)n1. The topological polar surface area (TPSA) is 54.2 Å². The van der Waals surface area contributed by atoms with Gasteiger partial charge in [0.2, 0.25) is 0 Å². The maximum absolute atomic E-state index is 5.55. The largest absolute Gasteiger partial charge is 0.464 e.